The Labute approximate surface area is 148 Å². The van der Waals surface area contributed by atoms with Crippen molar-refractivity contribution in [3.63, 3.8) is 0 Å². The van der Waals surface area contributed by atoms with Gasteiger partial charge < -0.3 is 24.0 Å². The highest BCUT2D eigenvalue weighted by Gasteiger charge is 2.54. The molecule has 0 bridgehead atoms. The van der Waals surface area contributed by atoms with Crippen molar-refractivity contribution in [2.75, 3.05) is 6.61 Å². The molecule has 1 fully saturated rings. The Bertz CT molecular complexity index is 778. The summed E-state index contributed by atoms with van der Waals surface area (Å²) in [5, 5.41) is 7.55. The fourth-order valence-corrected chi connectivity index (χ4v) is 3.19. The summed E-state index contributed by atoms with van der Waals surface area (Å²) >= 11 is 0. The van der Waals surface area contributed by atoms with Crippen molar-refractivity contribution >= 4 is 13.8 Å². The van der Waals surface area contributed by atoms with E-state index in [1.165, 1.54) is 10.6 Å². The monoisotopic (exact) mass is 389 g/mol. The number of nitrogens with one attached hydrogen (secondary N) is 1. The van der Waals surface area contributed by atoms with Crippen LogP contribution in [-0.2, 0) is 23.4 Å². The van der Waals surface area contributed by atoms with Crippen LogP contribution in [0.5, 0.6) is 6.01 Å². The summed E-state index contributed by atoms with van der Waals surface area (Å²) in [6.45, 7) is 1.47. The topological polar surface area (TPSA) is 153 Å². The van der Waals surface area contributed by atoms with Crippen molar-refractivity contribution < 1.29 is 37.9 Å². The molecule has 3 heterocycles. The van der Waals surface area contributed by atoms with Gasteiger partial charge in [-0.1, -0.05) is 13.3 Å². The van der Waals surface area contributed by atoms with Crippen LogP contribution in [0.2, 0.25) is 0 Å². The van der Waals surface area contributed by atoms with Gasteiger partial charge in [-0.15, -0.1) is 0 Å². The van der Waals surface area contributed by atoms with Gasteiger partial charge in [-0.05, 0) is 12.5 Å². The molecule has 3 N–H and O–H groups in total. The minimum atomic E-state index is -4.70. The number of aromatic nitrogens is 2. The number of hydrogen-bond donors (Lipinski definition) is 3. The van der Waals surface area contributed by atoms with Crippen molar-refractivity contribution in [2.24, 2.45) is 0 Å². The Morgan fingerprint density at radius 3 is 2.96 bits per heavy atom. The summed E-state index contributed by atoms with van der Waals surface area (Å²) in [4.78, 5) is 33.8. The molecule has 4 atom stereocenters. The second-order valence-electron chi connectivity index (χ2n) is 5.99. The van der Waals surface area contributed by atoms with E-state index in [-0.39, 0.29) is 17.9 Å². The van der Waals surface area contributed by atoms with Crippen molar-refractivity contribution in [1.29, 1.82) is 5.41 Å². The molecule has 1 aromatic rings. The summed E-state index contributed by atoms with van der Waals surface area (Å²) in [6.07, 6.45) is -0.0485. The fourth-order valence-electron chi connectivity index (χ4n) is 2.85. The molecule has 0 radical (unpaired) electrons. The molecule has 1 aromatic heterocycles. The van der Waals surface area contributed by atoms with Crippen molar-refractivity contribution in [2.45, 2.75) is 50.7 Å². The van der Waals surface area contributed by atoms with Crippen molar-refractivity contribution in [3.8, 4) is 6.01 Å². The number of esters is 1. The molecule has 26 heavy (non-hydrogen) atoms. The van der Waals surface area contributed by atoms with Gasteiger partial charge in [-0.2, -0.15) is 4.98 Å². The molecule has 144 valence electrons. The van der Waals surface area contributed by atoms with E-state index in [0.29, 0.717) is 6.42 Å². The normalized spacial score (nSPS) is 26.9. The first-order valence-electron chi connectivity index (χ1n) is 8.14. The maximum atomic E-state index is 12.0. The summed E-state index contributed by atoms with van der Waals surface area (Å²) in [7, 11) is -4.70. The number of ether oxygens (including phenoxy) is 3. The van der Waals surface area contributed by atoms with Crippen LogP contribution in [0.25, 0.3) is 0 Å². The Kier molecular flexibility index (Phi) is 5.44. The first-order chi connectivity index (χ1) is 12.3. The van der Waals surface area contributed by atoms with Crippen LogP contribution in [0.4, 0.5) is 0 Å². The zero-order valence-corrected chi connectivity index (χ0v) is 14.9. The third-order valence-electron chi connectivity index (χ3n) is 4.04. The third kappa shape index (κ3) is 4.13. The lowest BCUT2D eigenvalue weighted by Gasteiger charge is -2.22. The number of phosphoric ester groups is 1. The van der Waals surface area contributed by atoms with Crippen LogP contribution in [0.3, 0.4) is 0 Å². The second-order valence-corrected chi connectivity index (χ2v) is 7.23. The van der Waals surface area contributed by atoms with Gasteiger partial charge in [0.15, 0.2) is 23.9 Å². The molecule has 3 rings (SSSR count). The molecule has 0 saturated carbocycles. The number of hydrogen-bond acceptors (Lipinski definition) is 8. The van der Waals surface area contributed by atoms with Crippen LogP contribution in [0, 0.1) is 5.41 Å². The van der Waals surface area contributed by atoms with E-state index >= 15 is 0 Å². The predicted molar refractivity (Wildman–Crippen MR) is 83.8 cm³/mol. The van der Waals surface area contributed by atoms with Crippen LogP contribution in [-0.4, -0.2) is 50.2 Å². The maximum Gasteiger partial charge on any atom is 0.469 e. The average Bonchev–Trinajstić information content (AvgIpc) is 3.06. The van der Waals surface area contributed by atoms with Gasteiger partial charge in [0, 0.05) is 12.6 Å². The van der Waals surface area contributed by atoms with Gasteiger partial charge in [0.05, 0.1) is 6.61 Å². The van der Waals surface area contributed by atoms with E-state index in [0.717, 1.165) is 6.42 Å². The lowest BCUT2D eigenvalue weighted by atomic mass is 10.1. The van der Waals surface area contributed by atoms with Gasteiger partial charge in [-0.3, -0.25) is 19.3 Å². The molecule has 0 unspecified atom stereocenters. The minimum absolute atomic E-state index is 0.00842. The SMILES string of the molecule is CCCCC(=O)O[C@H]1[C@H]2Oc3nc(=N)ccn3[C@@H]2O[C@@H]1COP(=O)(O)O. The molecule has 11 nitrogen and oxygen atoms in total. The number of fused-ring (bicyclic) bond motifs is 3. The molecule has 0 amide bonds. The first-order valence-corrected chi connectivity index (χ1v) is 9.67. The summed E-state index contributed by atoms with van der Waals surface area (Å²) in [5.74, 6) is -0.457. The standard InChI is InChI=1S/C14H20N3O8P/c1-2-3-4-10(18)24-11-8(7-22-26(19,20)21)23-13-12(11)25-14-16-9(15)5-6-17(13)14/h5-6,8,11-13,15H,2-4,7H2,1H3,(H2,19,20,21)/t8-,11-,12-,13-/m1/s1. The zero-order chi connectivity index (χ0) is 18.9. The molecular weight excluding hydrogens is 369 g/mol. The quantitative estimate of drug-likeness (QED) is 0.439. The largest absolute Gasteiger partial charge is 0.469 e. The zero-order valence-electron chi connectivity index (χ0n) is 14.0. The lowest BCUT2D eigenvalue weighted by molar-refractivity contribution is -0.156. The Morgan fingerprint density at radius 2 is 2.27 bits per heavy atom. The maximum absolute atomic E-state index is 12.0. The van der Waals surface area contributed by atoms with Gasteiger partial charge in [-0.25, -0.2) is 4.57 Å². The van der Waals surface area contributed by atoms with E-state index in [1.54, 1.807) is 6.20 Å². The predicted octanol–water partition coefficient (Wildman–Crippen LogP) is 0.232. The fraction of sp³-hybridized carbons (Fsp3) is 0.643. The first kappa shape index (κ1) is 19.0. The van der Waals surface area contributed by atoms with E-state index < -0.39 is 44.9 Å². The highest BCUT2D eigenvalue weighted by Crippen LogP contribution is 2.43. The van der Waals surface area contributed by atoms with E-state index in [1.807, 2.05) is 6.92 Å². The lowest BCUT2D eigenvalue weighted by Crippen LogP contribution is -2.39. The van der Waals surface area contributed by atoms with E-state index in [4.69, 9.17) is 29.4 Å². The van der Waals surface area contributed by atoms with Gasteiger partial charge in [0.2, 0.25) is 0 Å². The van der Waals surface area contributed by atoms with Crippen molar-refractivity contribution in [3.05, 3.63) is 17.8 Å². The Balaban J connectivity index is 1.78. The molecule has 0 aliphatic carbocycles. The molecule has 12 heteroatoms. The number of phosphoric acid groups is 1. The molecule has 0 spiro atoms. The second kappa shape index (κ2) is 7.45. The van der Waals surface area contributed by atoms with E-state index in [2.05, 4.69) is 9.51 Å². The summed E-state index contributed by atoms with van der Waals surface area (Å²) in [6, 6.07) is 1.59. The molecule has 1 saturated heterocycles. The molecular formula is C14H20N3O8P. The van der Waals surface area contributed by atoms with Gasteiger partial charge in [0.1, 0.15) is 6.10 Å². The number of rotatable bonds is 7. The summed E-state index contributed by atoms with van der Waals surface area (Å²) < 4.78 is 33.9. The summed E-state index contributed by atoms with van der Waals surface area (Å²) in [5.41, 5.74) is 0.00842. The minimum Gasteiger partial charge on any atom is -0.455 e. The number of carbonyl (C=O) groups excluding carboxylic acids is 1. The highest BCUT2D eigenvalue weighted by molar-refractivity contribution is 7.46. The highest BCUT2D eigenvalue weighted by atomic mass is 31.2. The van der Waals surface area contributed by atoms with Crippen LogP contribution in [0.1, 0.15) is 32.4 Å². The molecule has 2 aliphatic heterocycles. The van der Waals surface area contributed by atoms with Gasteiger partial charge >= 0.3 is 19.8 Å². The van der Waals surface area contributed by atoms with Crippen molar-refractivity contribution in [1.82, 2.24) is 9.55 Å². The van der Waals surface area contributed by atoms with Crippen LogP contribution >= 0.6 is 7.82 Å². The van der Waals surface area contributed by atoms with Crippen LogP contribution in [0.15, 0.2) is 12.3 Å². The van der Waals surface area contributed by atoms with E-state index in [9.17, 15) is 9.36 Å². The Morgan fingerprint density at radius 1 is 1.50 bits per heavy atom. The average molecular weight is 389 g/mol. The number of unbranched alkanes of at least 4 members (excludes halogenated alkanes) is 1. The van der Waals surface area contributed by atoms with Gasteiger partial charge in [0.25, 0.3) is 0 Å². The third-order valence-corrected chi connectivity index (χ3v) is 4.53. The molecule has 0 aromatic carbocycles. The number of nitrogens with zero attached hydrogens (tertiary/aromatic N) is 2. The van der Waals surface area contributed by atoms with Crippen LogP contribution < -0.4 is 10.2 Å². The smallest absolute Gasteiger partial charge is 0.455 e. The molecule has 2 aliphatic rings. The Hall–Kier alpha value is -1.78. The number of carbonyl (C=O) groups is 1.